The summed E-state index contributed by atoms with van der Waals surface area (Å²) in [5.74, 6) is 1.26. The van der Waals surface area contributed by atoms with Crippen molar-refractivity contribution in [2.75, 3.05) is 31.1 Å². The highest BCUT2D eigenvalue weighted by molar-refractivity contribution is 7.07. The molecule has 0 aliphatic carbocycles. The quantitative estimate of drug-likeness (QED) is 0.727. The Morgan fingerprint density at radius 1 is 1.08 bits per heavy atom. The number of aromatic nitrogens is 3. The molecule has 0 amide bonds. The van der Waals surface area contributed by atoms with Crippen LogP contribution in [0, 0.1) is 0 Å². The molecular formula is C17H19N5OS. The van der Waals surface area contributed by atoms with Crippen LogP contribution in [0.2, 0.25) is 0 Å². The number of hydrogen-bond donors (Lipinski definition) is 0. The Morgan fingerprint density at radius 2 is 2.00 bits per heavy atom. The van der Waals surface area contributed by atoms with Crippen molar-refractivity contribution in [1.82, 2.24) is 20.0 Å². The van der Waals surface area contributed by atoms with Gasteiger partial charge in [-0.2, -0.15) is 4.98 Å². The number of thiazole rings is 1. The largest absolute Gasteiger partial charge is 0.337 e. The average Bonchev–Trinajstić information content (AvgIpc) is 3.25. The fourth-order valence-corrected chi connectivity index (χ4v) is 3.47. The molecule has 0 radical (unpaired) electrons. The fraction of sp³-hybridized carbons (Fsp3) is 0.353. The van der Waals surface area contributed by atoms with E-state index in [4.69, 9.17) is 4.52 Å². The zero-order chi connectivity index (χ0) is 16.2. The first-order valence-corrected chi connectivity index (χ1v) is 9.06. The van der Waals surface area contributed by atoms with Crippen LogP contribution >= 0.6 is 11.3 Å². The van der Waals surface area contributed by atoms with E-state index in [-0.39, 0.29) is 0 Å². The summed E-state index contributed by atoms with van der Waals surface area (Å²) in [5, 5.41) is 6.29. The molecule has 2 aromatic heterocycles. The van der Waals surface area contributed by atoms with Gasteiger partial charge in [-0.3, -0.25) is 4.90 Å². The summed E-state index contributed by atoms with van der Waals surface area (Å²) in [6.07, 6.45) is 1.08. The van der Waals surface area contributed by atoms with Gasteiger partial charge >= 0.3 is 0 Å². The lowest BCUT2D eigenvalue weighted by molar-refractivity contribution is 0.282. The standard InChI is InChI=1S/C17H19N5OS/c1-2-5-14(6-3-1)16-19-17(20-23-16)22-8-4-7-21(9-10-22)11-15-12-24-13-18-15/h1-3,5-6,12-13H,4,7-11H2. The van der Waals surface area contributed by atoms with Crippen molar-refractivity contribution in [3.8, 4) is 11.5 Å². The van der Waals surface area contributed by atoms with Crippen molar-refractivity contribution >= 4 is 17.3 Å². The van der Waals surface area contributed by atoms with E-state index in [1.165, 1.54) is 0 Å². The molecule has 6 nitrogen and oxygen atoms in total. The maximum absolute atomic E-state index is 5.43. The van der Waals surface area contributed by atoms with Crippen molar-refractivity contribution < 1.29 is 4.52 Å². The molecule has 0 spiro atoms. The molecule has 0 N–H and O–H groups in total. The zero-order valence-corrected chi connectivity index (χ0v) is 14.2. The predicted octanol–water partition coefficient (Wildman–Crippen LogP) is 2.91. The summed E-state index contributed by atoms with van der Waals surface area (Å²) >= 11 is 1.65. The first-order chi connectivity index (χ1) is 11.9. The Hall–Kier alpha value is -2.25. The van der Waals surface area contributed by atoms with E-state index in [1.807, 2.05) is 35.8 Å². The number of nitrogens with zero attached hydrogens (tertiary/aromatic N) is 5. The molecule has 1 aromatic carbocycles. The van der Waals surface area contributed by atoms with Crippen LogP contribution < -0.4 is 4.90 Å². The lowest BCUT2D eigenvalue weighted by Gasteiger charge is -2.19. The molecule has 0 unspecified atom stereocenters. The Balaban J connectivity index is 1.41. The molecule has 1 aliphatic rings. The highest BCUT2D eigenvalue weighted by Gasteiger charge is 2.20. The van der Waals surface area contributed by atoms with Gasteiger partial charge in [0.15, 0.2) is 0 Å². The maximum Gasteiger partial charge on any atom is 0.266 e. The molecule has 24 heavy (non-hydrogen) atoms. The Morgan fingerprint density at radius 3 is 2.83 bits per heavy atom. The van der Waals surface area contributed by atoms with Gasteiger partial charge in [0.25, 0.3) is 11.8 Å². The van der Waals surface area contributed by atoms with E-state index >= 15 is 0 Å². The SMILES string of the molecule is c1ccc(-c2nc(N3CCCN(Cc4cscn4)CC3)no2)cc1. The van der Waals surface area contributed by atoms with Gasteiger partial charge < -0.3 is 9.42 Å². The second-order valence-electron chi connectivity index (χ2n) is 5.86. The molecule has 1 saturated heterocycles. The minimum atomic E-state index is 0.578. The van der Waals surface area contributed by atoms with Gasteiger partial charge in [-0.25, -0.2) is 4.98 Å². The topological polar surface area (TPSA) is 58.3 Å². The van der Waals surface area contributed by atoms with Gasteiger partial charge in [-0.05, 0) is 23.7 Å². The van der Waals surface area contributed by atoms with Crippen molar-refractivity contribution in [2.45, 2.75) is 13.0 Å². The molecule has 1 fully saturated rings. The number of anilines is 1. The Bertz CT molecular complexity index is 758. The monoisotopic (exact) mass is 341 g/mol. The number of hydrogen-bond acceptors (Lipinski definition) is 7. The second kappa shape index (κ2) is 7.11. The van der Waals surface area contributed by atoms with Gasteiger partial charge in [-0.15, -0.1) is 11.3 Å². The predicted molar refractivity (Wildman–Crippen MR) is 94.0 cm³/mol. The summed E-state index contributed by atoms with van der Waals surface area (Å²) in [5.41, 5.74) is 4.00. The first kappa shape index (κ1) is 15.3. The number of rotatable bonds is 4. The molecule has 0 saturated carbocycles. The van der Waals surface area contributed by atoms with E-state index in [0.29, 0.717) is 11.8 Å². The summed E-state index contributed by atoms with van der Waals surface area (Å²) < 4.78 is 5.43. The minimum Gasteiger partial charge on any atom is -0.337 e. The zero-order valence-electron chi connectivity index (χ0n) is 13.3. The van der Waals surface area contributed by atoms with Crippen molar-refractivity contribution in [3.05, 3.63) is 46.9 Å². The van der Waals surface area contributed by atoms with Gasteiger partial charge in [0.1, 0.15) is 0 Å². The van der Waals surface area contributed by atoms with E-state index in [1.54, 1.807) is 11.3 Å². The van der Waals surface area contributed by atoms with E-state index in [0.717, 1.165) is 50.4 Å². The maximum atomic E-state index is 5.43. The van der Waals surface area contributed by atoms with Gasteiger partial charge in [0.2, 0.25) is 0 Å². The van der Waals surface area contributed by atoms with Gasteiger partial charge in [-0.1, -0.05) is 18.2 Å². The van der Waals surface area contributed by atoms with E-state index in [2.05, 4.69) is 30.3 Å². The van der Waals surface area contributed by atoms with Crippen LogP contribution in [-0.2, 0) is 6.54 Å². The van der Waals surface area contributed by atoms with E-state index < -0.39 is 0 Å². The third kappa shape index (κ3) is 3.47. The van der Waals surface area contributed by atoms with Crippen molar-refractivity contribution in [1.29, 1.82) is 0 Å². The summed E-state index contributed by atoms with van der Waals surface area (Å²) in [6, 6.07) is 9.89. The molecule has 0 atom stereocenters. The fourth-order valence-electron chi connectivity index (χ4n) is 2.92. The molecule has 4 rings (SSSR count). The minimum absolute atomic E-state index is 0.578. The summed E-state index contributed by atoms with van der Waals surface area (Å²) in [4.78, 5) is 13.6. The number of benzene rings is 1. The summed E-state index contributed by atoms with van der Waals surface area (Å²) in [6.45, 7) is 4.81. The van der Waals surface area contributed by atoms with Crippen LogP contribution in [0.3, 0.4) is 0 Å². The smallest absolute Gasteiger partial charge is 0.266 e. The average molecular weight is 341 g/mol. The highest BCUT2D eigenvalue weighted by atomic mass is 32.1. The van der Waals surface area contributed by atoms with Crippen LogP contribution in [-0.4, -0.2) is 46.2 Å². The Labute approximate surface area is 144 Å². The summed E-state index contributed by atoms with van der Waals surface area (Å²) in [7, 11) is 0. The van der Waals surface area contributed by atoms with Crippen LogP contribution in [0.5, 0.6) is 0 Å². The lowest BCUT2D eigenvalue weighted by atomic mass is 10.2. The molecule has 7 heteroatoms. The van der Waals surface area contributed by atoms with Gasteiger partial charge in [0.05, 0.1) is 11.2 Å². The second-order valence-corrected chi connectivity index (χ2v) is 6.58. The Kier molecular flexibility index (Phi) is 4.53. The molecule has 0 bridgehead atoms. The van der Waals surface area contributed by atoms with Crippen molar-refractivity contribution in [3.63, 3.8) is 0 Å². The van der Waals surface area contributed by atoms with Crippen LogP contribution in [0.4, 0.5) is 5.95 Å². The third-order valence-corrected chi connectivity index (χ3v) is 4.81. The lowest BCUT2D eigenvalue weighted by Crippen LogP contribution is -2.31. The van der Waals surface area contributed by atoms with E-state index in [9.17, 15) is 0 Å². The molecule has 3 heterocycles. The van der Waals surface area contributed by atoms with Crippen LogP contribution in [0.25, 0.3) is 11.5 Å². The third-order valence-electron chi connectivity index (χ3n) is 4.18. The molecular weight excluding hydrogens is 322 g/mol. The van der Waals surface area contributed by atoms with Crippen molar-refractivity contribution in [2.24, 2.45) is 0 Å². The van der Waals surface area contributed by atoms with Gasteiger partial charge in [0, 0.05) is 43.7 Å². The highest BCUT2D eigenvalue weighted by Crippen LogP contribution is 2.21. The molecule has 124 valence electrons. The normalized spacial score (nSPS) is 16.2. The molecule has 1 aliphatic heterocycles. The molecule has 3 aromatic rings. The van der Waals surface area contributed by atoms with Crippen LogP contribution in [0.15, 0.2) is 45.7 Å². The first-order valence-electron chi connectivity index (χ1n) is 8.12. The van der Waals surface area contributed by atoms with Crippen LogP contribution in [0.1, 0.15) is 12.1 Å².